The van der Waals surface area contributed by atoms with Crippen LogP contribution in [-0.2, 0) is 22.7 Å². The first-order chi connectivity index (χ1) is 13.8. The number of nitro benzene ring substituents is 1. The molecule has 1 aliphatic heterocycles. The fraction of sp³-hybridized carbons (Fsp3) is 0.316. The number of carboxylic acid groups (broad SMARTS) is 2. The summed E-state index contributed by atoms with van der Waals surface area (Å²) < 4.78 is 0. The lowest BCUT2D eigenvalue weighted by Crippen LogP contribution is -2.45. The average Bonchev–Trinajstić information content (AvgIpc) is 2.71. The zero-order valence-corrected chi connectivity index (χ0v) is 15.7. The Balaban J connectivity index is 0.000000438. The second kappa shape index (κ2) is 10.8. The third kappa shape index (κ3) is 7.64. The van der Waals surface area contributed by atoms with Gasteiger partial charge in [0.2, 0.25) is 0 Å². The number of piperazine rings is 1. The van der Waals surface area contributed by atoms with Gasteiger partial charge in [-0.15, -0.1) is 0 Å². The van der Waals surface area contributed by atoms with E-state index in [9.17, 15) is 10.1 Å². The summed E-state index contributed by atoms with van der Waals surface area (Å²) in [6.45, 7) is 5.70. The van der Waals surface area contributed by atoms with Gasteiger partial charge < -0.3 is 10.2 Å². The molecule has 1 saturated heterocycles. The number of nitro groups is 1. The van der Waals surface area contributed by atoms with Gasteiger partial charge in [-0.3, -0.25) is 24.9 Å². The maximum absolute atomic E-state index is 10.8. The molecular formula is C19H22N4O6. The van der Waals surface area contributed by atoms with Gasteiger partial charge in [0.05, 0.1) is 4.92 Å². The Morgan fingerprint density at radius 3 is 1.93 bits per heavy atom. The van der Waals surface area contributed by atoms with Crippen LogP contribution in [0.3, 0.4) is 0 Å². The summed E-state index contributed by atoms with van der Waals surface area (Å²) in [4.78, 5) is 37.5. The van der Waals surface area contributed by atoms with Crippen LogP contribution in [0.25, 0.3) is 0 Å². The van der Waals surface area contributed by atoms with Crippen LogP contribution in [0.5, 0.6) is 0 Å². The molecule has 3 rings (SSSR count). The molecule has 2 heterocycles. The van der Waals surface area contributed by atoms with E-state index in [-0.39, 0.29) is 10.6 Å². The molecule has 29 heavy (non-hydrogen) atoms. The summed E-state index contributed by atoms with van der Waals surface area (Å²) in [5.74, 6) is -3.65. The highest BCUT2D eigenvalue weighted by atomic mass is 16.6. The topological polar surface area (TPSA) is 137 Å². The monoisotopic (exact) mass is 402 g/mol. The number of carbonyl (C=O) groups is 2. The number of hydrogen-bond acceptors (Lipinski definition) is 7. The zero-order chi connectivity index (χ0) is 21.2. The lowest BCUT2D eigenvalue weighted by atomic mass is 10.1. The number of nitrogens with zero attached hydrogens (tertiary/aromatic N) is 4. The van der Waals surface area contributed by atoms with E-state index in [4.69, 9.17) is 19.8 Å². The van der Waals surface area contributed by atoms with E-state index in [1.54, 1.807) is 12.1 Å². The SMILES string of the molecule is O=C(O)C(=O)O.O=[N+]([O-])c1cccc(CN2CCN(Cc3ccncc3)CC2)c1. The Morgan fingerprint density at radius 2 is 1.45 bits per heavy atom. The fourth-order valence-corrected chi connectivity index (χ4v) is 2.88. The van der Waals surface area contributed by atoms with Crippen molar-refractivity contribution in [3.8, 4) is 0 Å². The molecule has 10 nitrogen and oxygen atoms in total. The summed E-state index contributed by atoms with van der Waals surface area (Å²) in [5, 5.41) is 25.6. The van der Waals surface area contributed by atoms with Gasteiger partial charge in [-0.25, -0.2) is 9.59 Å². The Labute approximate surface area is 167 Å². The van der Waals surface area contributed by atoms with Gasteiger partial charge in [-0.1, -0.05) is 12.1 Å². The minimum absolute atomic E-state index is 0.166. The third-order valence-corrected chi connectivity index (χ3v) is 4.33. The van der Waals surface area contributed by atoms with Crippen molar-refractivity contribution in [3.05, 3.63) is 70.0 Å². The smallest absolute Gasteiger partial charge is 0.414 e. The van der Waals surface area contributed by atoms with Crippen molar-refractivity contribution in [1.29, 1.82) is 0 Å². The first-order valence-corrected chi connectivity index (χ1v) is 8.88. The van der Waals surface area contributed by atoms with Crippen LogP contribution in [0, 0.1) is 10.1 Å². The van der Waals surface area contributed by atoms with E-state index >= 15 is 0 Å². The zero-order valence-electron chi connectivity index (χ0n) is 15.7. The molecule has 1 aliphatic rings. The van der Waals surface area contributed by atoms with E-state index in [1.807, 2.05) is 18.5 Å². The standard InChI is InChI=1S/C17H20N4O2.C2H2O4/c22-21(23)17-3-1-2-16(12-17)14-20-10-8-19(9-11-20)13-15-4-6-18-7-5-15;3-1(4)2(5)6/h1-7,12H,8-11,13-14H2;(H,3,4)(H,5,6). The van der Waals surface area contributed by atoms with Crippen molar-refractivity contribution in [1.82, 2.24) is 14.8 Å². The highest BCUT2D eigenvalue weighted by molar-refractivity contribution is 6.27. The van der Waals surface area contributed by atoms with Crippen LogP contribution in [-0.4, -0.2) is 68.0 Å². The maximum atomic E-state index is 10.8. The van der Waals surface area contributed by atoms with Crippen molar-refractivity contribution in [2.45, 2.75) is 13.1 Å². The molecule has 2 aromatic rings. The molecule has 10 heteroatoms. The normalized spacial score (nSPS) is 14.5. The molecule has 1 fully saturated rings. The first kappa shape index (κ1) is 21.9. The van der Waals surface area contributed by atoms with Gasteiger partial charge in [0.25, 0.3) is 5.69 Å². The van der Waals surface area contributed by atoms with Crippen molar-refractivity contribution in [2.75, 3.05) is 26.2 Å². The number of non-ortho nitro benzene ring substituents is 1. The minimum atomic E-state index is -1.82. The minimum Gasteiger partial charge on any atom is -0.473 e. The number of carboxylic acids is 2. The molecular weight excluding hydrogens is 380 g/mol. The molecule has 0 unspecified atom stereocenters. The largest absolute Gasteiger partial charge is 0.473 e. The first-order valence-electron chi connectivity index (χ1n) is 8.88. The van der Waals surface area contributed by atoms with Crippen molar-refractivity contribution < 1.29 is 24.7 Å². The molecule has 0 bridgehead atoms. The molecule has 0 atom stereocenters. The van der Waals surface area contributed by atoms with Crippen LogP contribution in [0.4, 0.5) is 5.69 Å². The van der Waals surface area contributed by atoms with Crippen LogP contribution in [0.1, 0.15) is 11.1 Å². The molecule has 1 aromatic heterocycles. The van der Waals surface area contributed by atoms with Crippen LogP contribution < -0.4 is 0 Å². The molecule has 0 spiro atoms. The van der Waals surface area contributed by atoms with Crippen molar-refractivity contribution >= 4 is 17.6 Å². The molecule has 0 radical (unpaired) electrons. The van der Waals surface area contributed by atoms with E-state index in [0.717, 1.165) is 44.8 Å². The van der Waals surface area contributed by atoms with Gasteiger partial charge in [0, 0.05) is 63.8 Å². The quantitative estimate of drug-likeness (QED) is 0.432. The predicted octanol–water partition coefficient (Wildman–Crippen LogP) is 1.46. The van der Waals surface area contributed by atoms with Gasteiger partial charge >= 0.3 is 11.9 Å². The highest BCUT2D eigenvalue weighted by Gasteiger charge is 2.17. The molecule has 0 aliphatic carbocycles. The van der Waals surface area contributed by atoms with E-state index in [2.05, 4.69) is 26.9 Å². The second-order valence-corrected chi connectivity index (χ2v) is 6.45. The maximum Gasteiger partial charge on any atom is 0.414 e. The number of benzene rings is 1. The lowest BCUT2D eigenvalue weighted by molar-refractivity contribution is -0.384. The lowest BCUT2D eigenvalue weighted by Gasteiger charge is -2.34. The number of pyridine rings is 1. The predicted molar refractivity (Wildman–Crippen MR) is 103 cm³/mol. The Hall–Kier alpha value is -3.37. The average molecular weight is 402 g/mol. The summed E-state index contributed by atoms with van der Waals surface area (Å²) in [6, 6.07) is 11.0. The van der Waals surface area contributed by atoms with Crippen LogP contribution in [0.2, 0.25) is 0 Å². The number of rotatable bonds is 5. The third-order valence-electron chi connectivity index (χ3n) is 4.33. The van der Waals surface area contributed by atoms with Gasteiger partial charge in [-0.2, -0.15) is 0 Å². The Bertz CT molecular complexity index is 826. The van der Waals surface area contributed by atoms with Crippen molar-refractivity contribution in [3.63, 3.8) is 0 Å². The van der Waals surface area contributed by atoms with Crippen LogP contribution in [0.15, 0.2) is 48.8 Å². The highest BCUT2D eigenvalue weighted by Crippen LogP contribution is 2.16. The Morgan fingerprint density at radius 1 is 0.931 bits per heavy atom. The summed E-state index contributed by atoms with van der Waals surface area (Å²) in [5.41, 5.74) is 2.45. The molecule has 0 saturated carbocycles. The van der Waals surface area contributed by atoms with Gasteiger partial charge in [-0.05, 0) is 23.3 Å². The van der Waals surface area contributed by atoms with E-state index in [0.29, 0.717) is 0 Å². The van der Waals surface area contributed by atoms with Crippen molar-refractivity contribution in [2.24, 2.45) is 0 Å². The van der Waals surface area contributed by atoms with E-state index in [1.165, 1.54) is 11.6 Å². The number of hydrogen-bond donors (Lipinski definition) is 2. The molecule has 2 N–H and O–H groups in total. The summed E-state index contributed by atoms with van der Waals surface area (Å²) in [7, 11) is 0. The van der Waals surface area contributed by atoms with E-state index < -0.39 is 11.9 Å². The van der Waals surface area contributed by atoms with Gasteiger partial charge in [0.1, 0.15) is 0 Å². The molecule has 0 amide bonds. The number of aromatic nitrogens is 1. The summed E-state index contributed by atoms with van der Waals surface area (Å²) >= 11 is 0. The van der Waals surface area contributed by atoms with Gasteiger partial charge in [0.15, 0.2) is 0 Å². The molecule has 154 valence electrons. The van der Waals surface area contributed by atoms with Crippen LogP contribution >= 0.6 is 0 Å². The second-order valence-electron chi connectivity index (χ2n) is 6.45. The Kier molecular flexibility index (Phi) is 8.19. The molecule has 1 aromatic carbocycles. The number of aliphatic carboxylic acids is 2. The fourth-order valence-electron chi connectivity index (χ4n) is 2.88. The summed E-state index contributed by atoms with van der Waals surface area (Å²) in [6.07, 6.45) is 3.65.